The van der Waals surface area contributed by atoms with E-state index in [2.05, 4.69) is 0 Å². The third kappa shape index (κ3) is 6.47. The summed E-state index contributed by atoms with van der Waals surface area (Å²) in [7, 11) is -3.40. The van der Waals surface area contributed by atoms with Crippen molar-refractivity contribution in [2.45, 2.75) is 44.3 Å². The van der Waals surface area contributed by atoms with Crippen LogP contribution in [0, 0.1) is 0 Å². The molecule has 0 saturated carbocycles. The number of benzene rings is 1. The van der Waals surface area contributed by atoms with E-state index in [9.17, 15) is 18.0 Å². The molecule has 0 amide bonds. The predicted molar refractivity (Wildman–Crippen MR) is 89.4 cm³/mol. The molecule has 2 rings (SSSR count). The monoisotopic (exact) mass is 370 g/mol. The minimum atomic E-state index is -3.40. The smallest absolute Gasteiger partial charge is 0.302 e. The topological polar surface area (TPSA) is 96.0 Å². The molecule has 7 nitrogen and oxygen atoms in total. The lowest BCUT2D eigenvalue weighted by molar-refractivity contribution is -0.154. The van der Waals surface area contributed by atoms with Crippen molar-refractivity contribution in [2.75, 3.05) is 12.4 Å². The van der Waals surface area contributed by atoms with Crippen molar-refractivity contribution in [3.8, 4) is 0 Å². The summed E-state index contributed by atoms with van der Waals surface area (Å²) < 4.78 is 40.5. The van der Waals surface area contributed by atoms with Crippen molar-refractivity contribution >= 4 is 21.8 Å². The molecule has 3 atom stereocenters. The van der Waals surface area contributed by atoms with Crippen LogP contribution in [0.25, 0.3) is 0 Å². The molecule has 0 spiro atoms. The van der Waals surface area contributed by atoms with E-state index in [0.717, 1.165) is 0 Å². The Hall–Kier alpha value is -1.93. The summed E-state index contributed by atoms with van der Waals surface area (Å²) in [5, 5.41) is 0. The van der Waals surface area contributed by atoms with Gasteiger partial charge in [0, 0.05) is 20.3 Å². The molecule has 25 heavy (non-hydrogen) atoms. The van der Waals surface area contributed by atoms with Gasteiger partial charge in [-0.15, -0.1) is 0 Å². The second kappa shape index (κ2) is 8.44. The molecule has 8 heteroatoms. The standard InChI is InChI=1S/C17H22O7S/c1-12(18)22-9-17-16(23-13(2)19)8-15(24-17)11-25(20,21)10-14-6-4-3-5-7-14/h3-7,15-17H,8-11H2,1-2H3/t15-,16-,17+/m0/s1. The predicted octanol–water partition coefficient (Wildman–Crippen LogP) is 1.25. The van der Waals surface area contributed by atoms with Gasteiger partial charge < -0.3 is 14.2 Å². The summed E-state index contributed by atoms with van der Waals surface area (Å²) in [6, 6.07) is 8.88. The van der Waals surface area contributed by atoms with E-state index in [0.29, 0.717) is 5.56 Å². The van der Waals surface area contributed by atoms with Crippen LogP contribution in [-0.4, -0.2) is 51.0 Å². The van der Waals surface area contributed by atoms with Crippen LogP contribution >= 0.6 is 0 Å². The lowest BCUT2D eigenvalue weighted by atomic mass is 10.1. The fourth-order valence-electron chi connectivity index (χ4n) is 2.76. The van der Waals surface area contributed by atoms with E-state index in [1.54, 1.807) is 24.3 Å². The fraction of sp³-hybridized carbons (Fsp3) is 0.529. The van der Waals surface area contributed by atoms with Crippen molar-refractivity contribution in [1.82, 2.24) is 0 Å². The van der Waals surface area contributed by atoms with Gasteiger partial charge >= 0.3 is 11.9 Å². The minimum absolute atomic E-state index is 0.0808. The normalized spacial score (nSPS) is 23.2. The van der Waals surface area contributed by atoms with Crippen LogP contribution in [0.4, 0.5) is 0 Å². The van der Waals surface area contributed by atoms with Crippen LogP contribution in [0.5, 0.6) is 0 Å². The highest BCUT2D eigenvalue weighted by molar-refractivity contribution is 7.90. The molecule has 1 heterocycles. The minimum Gasteiger partial charge on any atom is -0.463 e. The molecular formula is C17H22O7S. The fourth-order valence-corrected chi connectivity index (χ4v) is 4.36. The first-order valence-electron chi connectivity index (χ1n) is 7.95. The molecule has 1 aliphatic rings. The molecule has 0 N–H and O–H groups in total. The number of carbonyl (C=O) groups is 2. The van der Waals surface area contributed by atoms with Crippen molar-refractivity contribution in [3.05, 3.63) is 35.9 Å². The molecule has 0 bridgehead atoms. The summed E-state index contributed by atoms with van der Waals surface area (Å²) in [4.78, 5) is 22.2. The molecule has 1 aliphatic heterocycles. The molecule has 1 aromatic rings. The summed E-state index contributed by atoms with van der Waals surface area (Å²) in [5.74, 6) is -1.24. The zero-order chi connectivity index (χ0) is 18.4. The number of hydrogen-bond donors (Lipinski definition) is 0. The molecule has 1 saturated heterocycles. The number of hydrogen-bond acceptors (Lipinski definition) is 7. The maximum absolute atomic E-state index is 12.4. The highest BCUT2D eigenvalue weighted by Gasteiger charge is 2.40. The van der Waals surface area contributed by atoms with Gasteiger partial charge in [-0.25, -0.2) is 8.42 Å². The average Bonchev–Trinajstić information content (AvgIpc) is 2.85. The summed E-state index contributed by atoms with van der Waals surface area (Å²) in [6.07, 6.45) is -1.66. The Morgan fingerprint density at radius 1 is 1.16 bits per heavy atom. The Kier molecular flexibility index (Phi) is 6.55. The van der Waals surface area contributed by atoms with E-state index < -0.39 is 40.1 Å². The van der Waals surface area contributed by atoms with Crippen LogP contribution in [0.2, 0.25) is 0 Å². The highest BCUT2D eigenvalue weighted by atomic mass is 32.2. The molecule has 0 radical (unpaired) electrons. The number of rotatable bonds is 7. The average molecular weight is 370 g/mol. The third-order valence-corrected chi connectivity index (χ3v) is 5.37. The van der Waals surface area contributed by atoms with Crippen LogP contribution < -0.4 is 0 Å². The SMILES string of the molecule is CC(=O)OC[C@H]1O[C@H](CS(=O)(=O)Cc2ccccc2)C[C@@H]1OC(C)=O. The Balaban J connectivity index is 1.99. The van der Waals surface area contributed by atoms with Gasteiger partial charge in [-0.2, -0.15) is 0 Å². The van der Waals surface area contributed by atoms with E-state index in [1.165, 1.54) is 13.8 Å². The first-order valence-corrected chi connectivity index (χ1v) is 9.77. The van der Waals surface area contributed by atoms with Gasteiger partial charge in [0.05, 0.1) is 17.6 Å². The first-order chi connectivity index (χ1) is 11.7. The molecule has 0 unspecified atom stereocenters. The number of sulfone groups is 1. The van der Waals surface area contributed by atoms with Crippen molar-refractivity contribution < 1.29 is 32.2 Å². The van der Waals surface area contributed by atoms with E-state index in [4.69, 9.17) is 14.2 Å². The molecule has 0 aliphatic carbocycles. The summed E-state index contributed by atoms with van der Waals surface area (Å²) in [5.41, 5.74) is 0.702. The largest absolute Gasteiger partial charge is 0.463 e. The lowest BCUT2D eigenvalue weighted by Crippen LogP contribution is -2.31. The third-order valence-electron chi connectivity index (χ3n) is 3.71. The summed E-state index contributed by atoms with van der Waals surface area (Å²) in [6.45, 7) is 2.45. The molecule has 0 aromatic heterocycles. The number of esters is 2. The van der Waals surface area contributed by atoms with Crippen LogP contribution in [0.1, 0.15) is 25.8 Å². The second-order valence-electron chi connectivity index (χ2n) is 6.02. The van der Waals surface area contributed by atoms with Gasteiger partial charge in [0.2, 0.25) is 0 Å². The molecule has 1 fully saturated rings. The zero-order valence-corrected chi connectivity index (χ0v) is 15.0. The zero-order valence-electron chi connectivity index (χ0n) is 14.2. The van der Waals surface area contributed by atoms with Crippen LogP contribution in [0.15, 0.2) is 30.3 Å². The van der Waals surface area contributed by atoms with Crippen molar-refractivity contribution in [1.29, 1.82) is 0 Å². The summed E-state index contributed by atoms with van der Waals surface area (Å²) >= 11 is 0. The second-order valence-corrected chi connectivity index (χ2v) is 8.13. The molecule has 1 aromatic carbocycles. The van der Waals surface area contributed by atoms with E-state index >= 15 is 0 Å². The van der Waals surface area contributed by atoms with Gasteiger partial charge in [0.15, 0.2) is 9.84 Å². The first kappa shape index (κ1) is 19.4. The van der Waals surface area contributed by atoms with E-state index in [-0.39, 0.29) is 24.5 Å². The van der Waals surface area contributed by atoms with Gasteiger partial charge in [-0.05, 0) is 5.56 Å². The Bertz CT molecular complexity index is 699. The van der Waals surface area contributed by atoms with Crippen molar-refractivity contribution in [2.24, 2.45) is 0 Å². The van der Waals surface area contributed by atoms with Crippen LogP contribution in [0.3, 0.4) is 0 Å². The Morgan fingerprint density at radius 3 is 2.44 bits per heavy atom. The highest BCUT2D eigenvalue weighted by Crippen LogP contribution is 2.26. The maximum atomic E-state index is 12.4. The van der Waals surface area contributed by atoms with Gasteiger partial charge in [-0.1, -0.05) is 30.3 Å². The molecular weight excluding hydrogens is 348 g/mol. The maximum Gasteiger partial charge on any atom is 0.302 e. The Labute approximate surface area is 147 Å². The number of carbonyl (C=O) groups excluding carboxylic acids is 2. The quantitative estimate of drug-likeness (QED) is 0.667. The lowest BCUT2D eigenvalue weighted by Gasteiger charge is -2.17. The number of ether oxygens (including phenoxy) is 3. The van der Waals surface area contributed by atoms with E-state index in [1.807, 2.05) is 6.07 Å². The molecule has 138 valence electrons. The van der Waals surface area contributed by atoms with Gasteiger partial charge in [0.25, 0.3) is 0 Å². The van der Waals surface area contributed by atoms with Crippen molar-refractivity contribution in [3.63, 3.8) is 0 Å². The Morgan fingerprint density at radius 2 is 1.84 bits per heavy atom. The van der Waals surface area contributed by atoms with Gasteiger partial charge in [-0.3, -0.25) is 9.59 Å². The van der Waals surface area contributed by atoms with Gasteiger partial charge in [0.1, 0.15) is 18.8 Å². The van der Waals surface area contributed by atoms with Crippen LogP contribution in [-0.2, 0) is 39.4 Å².